The van der Waals surface area contributed by atoms with Crippen molar-refractivity contribution in [2.45, 2.75) is 40.0 Å². The predicted molar refractivity (Wildman–Crippen MR) is 125 cm³/mol. The number of fused-ring (bicyclic) bond motifs is 1. The van der Waals surface area contributed by atoms with Gasteiger partial charge < -0.3 is 4.74 Å². The molecule has 2 aromatic carbocycles. The van der Waals surface area contributed by atoms with Crippen molar-refractivity contribution in [3.05, 3.63) is 64.5 Å². The topological polar surface area (TPSA) is 68.5 Å². The summed E-state index contributed by atoms with van der Waals surface area (Å²) in [5.74, 6) is 1.04. The van der Waals surface area contributed by atoms with Gasteiger partial charge in [-0.3, -0.25) is 10.1 Å². The Balaban J connectivity index is 1.33. The fraction of sp³-hybridized carbons (Fsp3) is 0.292. The van der Waals surface area contributed by atoms with E-state index >= 15 is 0 Å². The van der Waals surface area contributed by atoms with Gasteiger partial charge in [-0.15, -0.1) is 16.4 Å². The van der Waals surface area contributed by atoms with Gasteiger partial charge in [-0.25, -0.2) is 4.52 Å². The van der Waals surface area contributed by atoms with Crippen LogP contribution in [0.2, 0.25) is 0 Å². The summed E-state index contributed by atoms with van der Waals surface area (Å²) in [6, 6.07) is 14.4. The van der Waals surface area contributed by atoms with Gasteiger partial charge in [-0.2, -0.15) is 4.98 Å². The molecule has 7 heteroatoms. The minimum atomic E-state index is -0.115. The molecule has 4 aromatic rings. The summed E-state index contributed by atoms with van der Waals surface area (Å²) in [4.78, 5) is 17.5. The number of carbonyl (C=O) groups excluding carboxylic acids is 1. The molecule has 0 aliphatic rings. The summed E-state index contributed by atoms with van der Waals surface area (Å²) in [6.45, 7) is 6.78. The number of hydrogen-bond donors (Lipinski definition) is 1. The van der Waals surface area contributed by atoms with Gasteiger partial charge in [-0.1, -0.05) is 42.8 Å². The standard InChI is InChI=1S/C24H26N4O2S/c1-4-18-8-10-19(11-9-18)30-13-5-6-22(29)25-23-26-24-28(27-23)21(15-31-24)20-12-7-16(2)14-17(20)3/h7-12,14-15H,4-6,13H2,1-3H3,(H,25,27,29). The maximum Gasteiger partial charge on any atom is 0.250 e. The molecule has 0 bridgehead atoms. The number of carbonyl (C=O) groups is 1. The zero-order valence-electron chi connectivity index (χ0n) is 18.0. The molecular formula is C24H26N4O2S. The fourth-order valence-electron chi connectivity index (χ4n) is 3.45. The third-order valence-corrected chi connectivity index (χ3v) is 5.96. The number of thiazole rings is 1. The second-order valence-electron chi connectivity index (χ2n) is 7.57. The van der Waals surface area contributed by atoms with Gasteiger partial charge in [-0.05, 0) is 49.9 Å². The summed E-state index contributed by atoms with van der Waals surface area (Å²) >= 11 is 1.51. The van der Waals surface area contributed by atoms with Crippen LogP contribution in [0, 0.1) is 13.8 Å². The SMILES string of the molecule is CCc1ccc(OCCCC(=O)Nc2nc3scc(-c4ccc(C)cc4C)n3n2)cc1. The van der Waals surface area contributed by atoms with Gasteiger partial charge in [0, 0.05) is 17.4 Å². The fourth-order valence-corrected chi connectivity index (χ4v) is 4.27. The lowest BCUT2D eigenvalue weighted by molar-refractivity contribution is -0.116. The van der Waals surface area contributed by atoms with E-state index in [4.69, 9.17) is 4.74 Å². The molecule has 2 heterocycles. The van der Waals surface area contributed by atoms with Crippen molar-refractivity contribution < 1.29 is 9.53 Å². The maximum atomic E-state index is 12.3. The van der Waals surface area contributed by atoms with E-state index in [2.05, 4.69) is 66.5 Å². The Labute approximate surface area is 185 Å². The molecule has 6 nitrogen and oxygen atoms in total. The van der Waals surface area contributed by atoms with Crippen LogP contribution < -0.4 is 10.1 Å². The van der Waals surface area contributed by atoms with Crippen LogP contribution in [-0.2, 0) is 11.2 Å². The number of hydrogen-bond acceptors (Lipinski definition) is 5. The van der Waals surface area contributed by atoms with Gasteiger partial charge in [0.05, 0.1) is 12.3 Å². The van der Waals surface area contributed by atoms with Crippen LogP contribution in [0.25, 0.3) is 16.2 Å². The molecule has 0 atom stereocenters. The first-order valence-electron chi connectivity index (χ1n) is 10.5. The number of anilines is 1. The van der Waals surface area contributed by atoms with E-state index in [-0.39, 0.29) is 5.91 Å². The molecule has 0 spiro atoms. The quantitative estimate of drug-likeness (QED) is 0.375. The number of benzene rings is 2. The van der Waals surface area contributed by atoms with E-state index in [1.807, 2.05) is 17.5 Å². The highest BCUT2D eigenvalue weighted by atomic mass is 32.1. The van der Waals surface area contributed by atoms with E-state index in [0.29, 0.717) is 25.4 Å². The molecule has 1 N–H and O–H groups in total. The predicted octanol–water partition coefficient (Wildman–Crippen LogP) is 5.43. The molecule has 0 fully saturated rings. The van der Waals surface area contributed by atoms with Gasteiger partial charge >= 0.3 is 0 Å². The zero-order chi connectivity index (χ0) is 21.8. The van der Waals surface area contributed by atoms with Crippen LogP contribution in [0.4, 0.5) is 5.95 Å². The third-order valence-electron chi connectivity index (χ3n) is 5.14. The van der Waals surface area contributed by atoms with Gasteiger partial charge in [0.25, 0.3) is 0 Å². The molecule has 4 rings (SSSR count). The molecule has 0 unspecified atom stereocenters. The monoisotopic (exact) mass is 434 g/mol. The highest BCUT2D eigenvalue weighted by molar-refractivity contribution is 7.15. The first-order valence-corrected chi connectivity index (χ1v) is 11.3. The molecular weight excluding hydrogens is 408 g/mol. The first-order chi connectivity index (χ1) is 15.0. The van der Waals surface area contributed by atoms with E-state index in [9.17, 15) is 4.79 Å². The number of aromatic nitrogens is 3. The number of rotatable bonds is 8. The Morgan fingerprint density at radius 1 is 1.16 bits per heavy atom. The molecule has 1 amide bonds. The summed E-state index contributed by atoms with van der Waals surface area (Å²) in [7, 11) is 0. The Bertz CT molecular complexity index is 1190. The molecule has 2 aromatic heterocycles. The molecule has 0 radical (unpaired) electrons. The molecule has 0 saturated heterocycles. The van der Waals surface area contributed by atoms with Crippen molar-refractivity contribution in [1.29, 1.82) is 0 Å². The molecule has 0 aliphatic carbocycles. The molecule has 31 heavy (non-hydrogen) atoms. The van der Waals surface area contributed by atoms with Crippen LogP contribution >= 0.6 is 11.3 Å². The Kier molecular flexibility index (Phi) is 6.32. The summed E-state index contributed by atoms with van der Waals surface area (Å²) in [6.07, 6.45) is 1.98. The summed E-state index contributed by atoms with van der Waals surface area (Å²) < 4.78 is 7.50. The largest absolute Gasteiger partial charge is 0.494 e. The van der Waals surface area contributed by atoms with Gasteiger partial charge in [0.1, 0.15) is 5.75 Å². The van der Waals surface area contributed by atoms with Crippen molar-refractivity contribution in [3.63, 3.8) is 0 Å². The summed E-state index contributed by atoms with van der Waals surface area (Å²) in [5, 5.41) is 9.34. The van der Waals surface area contributed by atoms with Crippen molar-refractivity contribution in [3.8, 4) is 17.0 Å². The zero-order valence-corrected chi connectivity index (χ0v) is 18.8. The van der Waals surface area contributed by atoms with Crippen molar-refractivity contribution >= 4 is 28.2 Å². The number of nitrogens with zero attached hydrogens (tertiary/aromatic N) is 3. The van der Waals surface area contributed by atoms with E-state index in [1.54, 1.807) is 4.52 Å². The van der Waals surface area contributed by atoms with Crippen molar-refractivity contribution in [2.75, 3.05) is 11.9 Å². The normalized spacial score (nSPS) is 11.1. The minimum absolute atomic E-state index is 0.115. The van der Waals surface area contributed by atoms with Crippen LogP contribution in [0.1, 0.15) is 36.5 Å². The van der Waals surface area contributed by atoms with Gasteiger partial charge in [0.15, 0.2) is 0 Å². The van der Waals surface area contributed by atoms with E-state index in [0.717, 1.165) is 28.4 Å². The number of aryl methyl sites for hydroxylation is 3. The van der Waals surface area contributed by atoms with Crippen LogP contribution in [0.3, 0.4) is 0 Å². The van der Waals surface area contributed by atoms with Gasteiger partial charge in [0.2, 0.25) is 16.8 Å². The summed E-state index contributed by atoms with van der Waals surface area (Å²) in [5.41, 5.74) is 5.78. The Hall–Kier alpha value is -3.19. The Morgan fingerprint density at radius 3 is 2.71 bits per heavy atom. The molecule has 0 aliphatic heterocycles. The highest BCUT2D eigenvalue weighted by Gasteiger charge is 2.14. The second-order valence-corrected chi connectivity index (χ2v) is 8.40. The Morgan fingerprint density at radius 2 is 1.97 bits per heavy atom. The van der Waals surface area contributed by atoms with Crippen molar-refractivity contribution in [1.82, 2.24) is 14.6 Å². The maximum absolute atomic E-state index is 12.3. The molecule has 0 saturated carbocycles. The lowest BCUT2D eigenvalue weighted by Crippen LogP contribution is -2.14. The third kappa shape index (κ3) is 4.94. The highest BCUT2D eigenvalue weighted by Crippen LogP contribution is 2.29. The van der Waals surface area contributed by atoms with Crippen LogP contribution in [-0.4, -0.2) is 27.1 Å². The first kappa shape index (κ1) is 21.1. The molecule has 160 valence electrons. The number of ether oxygens (including phenoxy) is 1. The van der Waals surface area contributed by atoms with Crippen LogP contribution in [0.15, 0.2) is 47.8 Å². The van der Waals surface area contributed by atoms with E-state index in [1.165, 1.54) is 28.0 Å². The van der Waals surface area contributed by atoms with E-state index < -0.39 is 0 Å². The minimum Gasteiger partial charge on any atom is -0.494 e. The van der Waals surface area contributed by atoms with Crippen LogP contribution in [0.5, 0.6) is 5.75 Å². The second kappa shape index (κ2) is 9.31. The number of amides is 1. The average molecular weight is 435 g/mol. The van der Waals surface area contributed by atoms with Crippen molar-refractivity contribution in [2.24, 2.45) is 0 Å². The lowest BCUT2D eigenvalue weighted by Gasteiger charge is -2.06. The smallest absolute Gasteiger partial charge is 0.250 e. The average Bonchev–Trinajstić information content (AvgIpc) is 3.32. The lowest BCUT2D eigenvalue weighted by atomic mass is 10.0. The number of nitrogens with one attached hydrogen (secondary N) is 1.